The molecule has 2 N–H and O–H groups in total. The molecule has 42 heavy (non-hydrogen) atoms. The lowest BCUT2D eigenvalue weighted by atomic mass is 10.1. The molecule has 5 rings (SSSR count). The highest BCUT2D eigenvalue weighted by Gasteiger charge is 2.21. The molecule has 0 spiro atoms. The Morgan fingerprint density at radius 2 is 1.67 bits per heavy atom. The average molecular weight is 585 g/mol. The van der Waals surface area contributed by atoms with Crippen LogP contribution in [0.15, 0.2) is 90.1 Å². The number of carbonyl (C=O) groups is 1. The molecular formula is C30H25FN6O4S. The Labute approximate surface area is 241 Å². The van der Waals surface area contributed by atoms with Gasteiger partial charge in [-0.25, -0.2) is 14.6 Å². The number of hydrogen-bond acceptors (Lipinski definition) is 8. The van der Waals surface area contributed by atoms with Crippen molar-refractivity contribution in [1.82, 2.24) is 24.6 Å². The number of ether oxygens (including phenoxy) is 1. The normalized spacial score (nSPS) is 11.2. The van der Waals surface area contributed by atoms with Gasteiger partial charge in [-0.15, -0.1) is 16.2 Å². The molecular weight excluding hydrogens is 559 g/mol. The van der Waals surface area contributed by atoms with Crippen molar-refractivity contribution < 1.29 is 21.8 Å². The SMILES string of the molecule is C#CCCN(CCn1nc(-c2ccc(Oc3ccccc3)cc2)c2c(N)ncnc21)C(=O)c1ccc(S(=O)(=O)F)cc1. The van der Waals surface area contributed by atoms with Gasteiger partial charge in [-0.1, -0.05) is 18.2 Å². The number of anilines is 1. The number of aromatic nitrogens is 4. The Hall–Kier alpha value is -5.28. The summed E-state index contributed by atoms with van der Waals surface area (Å²) in [6.07, 6.45) is 7.09. The number of para-hydroxylation sites is 1. The molecule has 0 bridgehead atoms. The molecule has 0 aliphatic heterocycles. The lowest BCUT2D eigenvalue weighted by molar-refractivity contribution is 0.0752. The quantitative estimate of drug-likeness (QED) is 0.185. The van der Waals surface area contributed by atoms with E-state index in [1.807, 2.05) is 54.6 Å². The standard InChI is InChI=1S/C30H25FN6O4S/c1-2-3-17-36(30(38)22-11-15-25(16-12-22)42(31,39)40)18-19-37-29-26(28(32)33-20-34-29)27(35-37)21-9-13-24(14-10-21)41-23-7-5-4-6-8-23/h1,4-16,20H,3,17-19H2,(H2,32,33,34). The highest BCUT2D eigenvalue weighted by molar-refractivity contribution is 7.86. The minimum absolute atomic E-state index is 0.190. The summed E-state index contributed by atoms with van der Waals surface area (Å²) >= 11 is 0. The Bertz CT molecular complexity index is 1870. The van der Waals surface area contributed by atoms with E-state index in [4.69, 9.17) is 22.0 Å². The van der Waals surface area contributed by atoms with Crippen LogP contribution in [0.3, 0.4) is 0 Å². The van der Waals surface area contributed by atoms with Crippen LogP contribution in [0.5, 0.6) is 11.5 Å². The second-order valence-corrected chi connectivity index (χ2v) is 10.5. The van der Waals surface area contributed by atoms with Gasteiger partial charge in [-0.3, -0.25) is 4.79 Å². The summed E-state index contributed by atoms with van der Waals surface area (Å²) < 4.78 is 43.1. The van der Waals surface area contributed by atoms with Crippen molar-refractivity contribution in [3.8, 4) is 35.1 Å². The fraction of sp³-hybridized carbons (Fsp3) is 0.133. The highest BCUT2D eigenvalue weighted by atomic mass is 32.3. The van der Waals surface area contributed by atoms with Gasteiger partial charge in [0.2, 0.25) is 0 Å². The molecule has 12 heteroatoms. The minimum atomic E-state index is -4.88. The first-order valence-corrected chi connectivity index (χ1v) is 14.2. The molecule has 1 amide bonds. The third kappa shape index (κ3) is 6.21. The van der Waals surface area contributed by atoms with Gasteiger partial charge in [0.25, 0.3) is 5.91 Å². The van der Waals surface area contributed by atoms with Crippen molar-refractivity contribution in [2.45, 2.75) is 17.9 Å². The second-order valence-electron chi connectivity index (χ2n) is 9.18. The maximum atomic E-state index is 13.3. The first-order chi connectivity index (χ1) is 20.2. The van der Waals surface area contributed by atoms with Crippen LogP contribution in [-0.2, 0) is 16.8 Å². The van der Waals surface area contributed by atoms with Gasteiger partial charge < -0.3 is 15.4 Å². The van der Waals surface area contributed by atoms with Gasteiger partial charge in [0.15, 0.2) is 5.65 Å². The molecule has 5 aromatic rings. The van der Waals surface area contributed by atoms with E-state index in [1.54, 1.807) is 4.68 Å². The van der Waals surface area contributed by atoms with Crippen LogP contribution in [0.2, 0.25) is 0 Å². The van der Waals surface area contributed by atoms with Crippen LogP contribution >= 0.6 is 0 Å². The molecule has 10 nitrogen and oxygen atoms in total. The van der Waals surface area contributed by atoms with Crippen molar-refractivity contribution in [2.75, 3.05) is 18.8 Å². The lowest BCUT2D eigenvalue weighted by Crippen LogP contribution is -2.35. The van der Waals surface area contributed by atoms with E-state index in [1.165, 1.54) is 23.4 Å². The third-order valence-corrected chi connectivity index (χ3v) is 7.28. The lowest BCUT2D eigenvalue weighted by Gasteiger charge is -2.22. The highest BCUT2D eigenvalue weighted by Crippen LogP contribution is 2.32. The van der Waals surface area contributed by atoms with Crippen molar-refractivity contribution in [3.05, 3.63) is 90.8 Å². The van der Waals surface area contributed by atoms with Crippen molar-refractivity contribution in [1.29, 1.82) is 0 Å². The summed E-state index contributed by atoms with van der Waals surface area (Å²) in [5.41, 5.74) is 8.26. The first-order valence-electron chi connectivity index (χ1n) is 12.8. The van der Waals surface area contributed by atoms with E-state index in [2.05, 4.69) is 15.9 Å². The van der Waals surface area contributed by atoms with Crippen molar-refractivity contribution in [2.24, 2.45) is 0 Å². The summed E-state index contributed by atoms with van der Waals surface area (Å²) in [7, 11) is -4.88. The van der Waals surface area contributed by atoms with Crippen LogP contribution in [0.1, 0.15) is 16.8 Å². The van der Waals surface area contributed by atoms with Crippen molar-refractivity contribution >= 4 is 33.0 Å². The minimum Gasteiger partial charge on any atom is -0.457 e. The van der Waals surface area contributed by atoms with Crippen LogP contribution in [0.4, 0.5) is 9.70 Å². The zero-order valence-electron chi connectivity index (χ0n) is 22.2. The summed E-state index contributed by atoms with van der Waals surface area (Å²) in [5, 5.41) is 5.33. The predicted octanol–water partition coefficient (Wildman–Crippen LogP) is 4.69. The van der Waals surface area contributed by atoms with E-state index < -0.39 is 21.0 Å². The number of nitrogens with two attached hydrogens (primary N) is 1. The molecule has 0 aliphatic carbocycles. The van der Waals surface area contributed by atoms with E-state index in [9.17, 15) is 17.1 Å². The van der Waals surface area contributed by atoms with Gasteiger partial charge in [0, 0.05) is 30.6 Å². The number of halogens is 1. The van der Waals surface area contributed by atoms with Gasteiger partial charge >= 0.3 is 10.2 Å². The number of benzene rings is 3. The van der Waals surface area contributed by atoms with Gasteiger partial charge in [0.1, 0.15) is 29.3 Å². The number of terminal acetylenes is 1. The number of nitrogens with zero attached hydrogens (tertiary/aromatic N) is 5. The Morgan fingerprint density at radius 1 is 0.976 bits per heavy atom. The average Bonchev–Trinajstić information content (AvgIpc) is 3.37. The molecule has 2 heterocycles. The number of hydrogen-bond donors (Lipinski definition) is 1. The van der Waals surface area contributed by atoms with Crippen LogP contribution in [-0.4, -0.2) is 52.1 Å². The maximum Gasteiger partial charge on any atom is 0.332 e. The number of carbonyl (C=O) groups excluding carboxylic acids is 1. The van der Waals surface area contributed by atoms with Crippen LogP contribution in [0.25, 0.3) is 22.3 Å². The van der Waals surface area contributed by atoms with Crippen LogP contribution in [0, 0.1) is 12.3 Å². The zero-order valence-corrected chi connectivity index (χ0v) is 23.0. The smallest absolute Gasteiger partial charge is 0.332 e. The molecule has 0 saturated carbocycles. The molecule has 0 atom stereocenters. The predicted molar refractivity (Wildman–Crippen MR) is 156 cm³/mol. The molecule has 212 valence electrons. The number of rotatable bonds is 10. The molecule has 0 fully saturated rings. The first kappa shape index (κ1) is 28.3. The van der Waals surface area contributed by atoms with Gasteiger partial charge in [0.05, 0.1) is 16.8 Å². The molecule has 2 aromatic heterocycles. The fourth-order valence-electron chi connectivity index (χ4n) is 4.37. The van der Waals surface area contributed by atoms with Crippen molar-refractivity contribution in [3.63, 3.8) is 0 Å². The number of fused-ring (bicyclic) bond motifs is 1. The van der Waals surface area contributed by atoms with Gasteiger partial charge in [-0.2, -0.15) is 13.5 Å². The Kier molecular flexibility index (Phi) is 8.12. The summed E-state index contributed by atoms with van der Waals surface area (Å²) in [6.45, 7) is 0.688. The fourth-order valence-corrected chi connectivity index (χ4v) is 4.83. The Balaban J connectivity index is 1.40. The topological polar surface area (TPSA) is 133 Å². The third-order valence-electron chi connectivity index (χ3n) is 6.44. The molecule has 0 radical (unpaired) electrons. The monoisotopic (exact) mass is 584 g/mol. The maximum absolute atomic E-state index is 13.3. The van der Waals surface area contributed by atoms with E-state index in [0.29, 0.717) is 34.6 Å². The largest absolute Gasteiger partial charge is 0.457 e. The van der Waals surface area contributed by atoms with Gasteiger partial charge in [-0.05, 0) is 60.7 Å². The second kappa shape index (κ2) is 12.1. The van der Waals surface area contributed by atoms with E-state index in [-0.39, 0.29) is 31.0 Å². The Morgan fingerprint density at radius 3 is 2.33 bits per heavy atom. The zero-order chi connectivity index (χ0) is 29.7. The molecule has 0 unspecified atom stereocenters. The van der Waals surface area contributed by atoms with E-state index in [0.717, 1.165) is 17.7 Å². The summed E-state index contributed by atoms with van der Waals surface area (Å²) in [6, 6.07) is 21.4. The molecule has 0 aliphatic rings. The molecule has 0 saturated heterocycles. The number of amides is 1. The van der Waals surface area contributed by atoms with Crippen LogP contribution < -0.4 is 10.5 Å². The molecule has 3 aromatic carbocycles. The summed E-state index contributed by atoms with van der Waals surface area (Å²) in [4.78, 5) is 22.8. The summed E-state index contributed by atoms with van der Waals surface area (Å²) in [5.74, 6) is 3.75. The number of nitrogen functional groups attached to an aromatic ring is 1. The van der Waals surface area contributed by atoms with E-state index >= 15 is 0 Å².